The average Bonchev–Trinajstić information content (AvgIpc) is 2.94. The van der Waals surface area contributed by atoms with Crippen molar-refractivity contribution in [2.75, 3.05) is 0 Å². The highest BCUT2D eigenvalue weighted by Gasteiger charge is 2.14. The Morgan fingerprint density at radius 3 is 2.55 bits per heavy atom. The van der Waals surface area contributed by atoms with Crippen LogP contribution in [-0.4, -0.2) is 21.8 Å². The van der Waals surface area contributed by atoms with Crippen LogP contribution in [0.4, 0.5) is 0 Å². The summed E-state index contributed by atoms with van der Waals surface area (Å²) < 4.78 is 0. The Balaban J connectivity index is 1.76. The Labute approximate surface area is 121 Å². The molecule has 1 N–H and O–H groups in total. The van der Waals surface area contributed by atoms with Crippen molar-refractivity contribution >= 4 is 23.1 Å². The van der Waals surface area contributed by atoms with Gasteiger partial charge in [-0.15, -0.1) is 11.3 Å². The minimum absolute atomic E-state index is 0.0531. The molecule has 0 saturated heterocycles. The third kappa shape index (κ3) is 3.99. The molecule has 0 bridgehead atoms. The fourth-order valence-corrected chi connectivity index (χ4v) is 2.63. The van der Waals surface area contributed by atoms with Gasteiger partial charge >= 0.3 is 5.97 Å². The summed E-state index contributed by atoms with van der Waals surface area (Å²) in [6, 6.07) is 10.1. The van der Waals surface area contributed by atoms with E-state index in [1.54, 1.807) is 0 Å². The van der Waals surface area contributed by atoms with Gasteiger partial charge in [0, 0.05) is 11.8 Å². The van der Waals surface area contributed by atoms with Gasteiger partial charge in [0.25, 0.3) is 0 Å². The molecule has 1 heterocycles. The summed E-state index contributed by atoms with van der Waals surface area (Å²) in [5.74, 6) is -1.17. The second-order valence-corrected chi connectivity index (χ2v) is 5.32. The molecule has 0 aliphatic rings. The van der Waals surface area contributed by atoms with E-state index in [1.807, 2.05) is 18.2 Å². The summed E-state index contributed by atoms with van der Waals surface area (Å²) >= 11 is 1.10. The summed E-state index contributed by atoms with van der Waals surface area (Å²) in [5.41, 5.74) is 1.21. The fraction of sp³-hybridized carbons (Fsp3) is 0.267. The third-order valence-corrected chi connectivity index (χ3v) is 3.81. The molecular weight excluding hydrogens is 274 g/mol. The molecule has 4 nitrogen and oxygen atoms in total. The molecule has 0 atom stereocenters. The maximum Gasteiger partial charge on any atom is 0.355 e. The number of hydrogen-bond acceptors (Lipinski definition) is 4. The lowest BCUT2D eigenvalue weighted by atomic mass is 10.1. The average molecular weight is 289 g/mol. The summed E-state index contributed by atoms with van der Waals surface area (Å²) in [5, 5.41) is 10.4. The first kappa shape index (κ1) is 14.4. The molecule has 2 aromatic rings. The maximum absolute atomic E-state index is 11.8. The van der Waals surface area contributed by atoms with Gasteiger partial charge in [-0.1, -0.05) is 30.3 Å². The van der Waals surface area contributed by atoms with Crippen molar-refractivity contribution in [1.82, 2.24) is 4.98 Å². The highest BCUT2D eigenvalue weighted by molar-refractivity contribution is 7.11. The van der Waals surface area contributed by atoms with Crippen molar-refractivity contribution in [3.05, 3.63) is 52.0 Å². The Morgan fingerprint density at radius 1 is 1.15 bits per heavy atom. The standard InChI is InChI=1S/C15H15NO3S/c17-13(14-16-12(10-20-14)15(18)19)9-5-4-8-11-6-2-1-3-7-11/h1-3,6-7,10H,4-5,8-9H2,(H,18,19). The number of rotatable bonds is 7. The number of aryl methyl sites for hydroxylation is 1. The van der Waals surface area contributed by atoms with E-state index in [-0.39, 0.29) is 11.5 Å². The quantitative estimate of drug-likeness (QED) is 0.626. The molecular formula is C15H15NO3S. The number of aromatic nitrogens is 1. The molecule has 0 saturated carbocycles. The number of Topliss-reactive ketones (excluding diaryl/α,β-unsaturated/α-hetero) is 1. The monoisotopic (exact) mass is 289 g/mol. The van der Waals surface area contributed by atoms with Crippen LogP contribution in [0.3, 0.4) is 0 Å². The van der Waals surface area contributed by atoms with Crippen molar-refractivity contribution in [2.24, 2.45) is 0 Å². The normalized spacial score (nSPS) is 10.4. The lowest BCUT2D eigenvalue weighted by molar-refractivity contribution is 0.0691. The Bertz CT molecular complexity index is 592. The van der Waals surface area contributed by atoms with Gasteiger partial charge in [-0.25, -0.2) is 9.78 Å². The predicted molar refractivity (Wildman–Crippen MR) is 77.4 cm³/mol. The van der Waals surface area contributed by atoms with Gasteiger partial charge in [0.05, 0.1) is 0 Å². The molecule has 1 aromatic heterocycles. The maximum atomic E-state index is 11.8. The Hall–Kier alpha value is -2.01. The van der Waals surface area contributed by atoms with E-state index in [9.17, 15) is 9.59 Å². The second-order valence-electron chi connectivity index (χ2n) is 4.46. The second kappa shape index (κ2) is 6.96. The minimum atomic E-state index is -1.09. The van der Waals surface area contributed by atoms with Crippen molar-refractivity contribution in [2.45, 2.75) is 25.7 Å². The van der Waals surface area contributed by atoms with Gasteiger partial charge < -0.3 is 5.11 Å². The zero-order chi connectivity index (χ0) is 14.4. The van der Waals surface area contributed by atoms with E-state index in [4.69, 9.17) is 5.11 Å². The van der Waals surface area contributed by atoms with Crippen molar-refractivity contribution in [1.29, 1.82) is 0 Å². The van der Waals surface area contributed by atoms with Gasteiger partial charge in [-0.05, 0) is 24.8 Å². The molecule has 20 heavy (non-hydrogen) atoms. The van der Waals surface area contributed by atoms with E-state index in [0.717, 1.165) is 30.6 Å². The first-order valence-corrected chi connectivity index (χ1v) is 7.31. The molecule has 0 amide bonds. The topological polar surface area (TPSA) is 67.3 Å². The van der Waals surface area contributed by atoms with Gasteiger partial charge in [0.1, 0.15) is 0 Å². The Morgan fingerprint density at radius 2 is 1.90 bits per heavy atom. The van der Waals surface area contributed by atoms with Crippen molar-refractivity contribution in [3.8, 4) is 0 Å². The van der Waals surface area contributed by atoms with Crippen molar-refractivity contribution < 1.29 is 14.7 Å². The number of benzene rings is 1. The van der Waals surface area contributed by atoms with Crippen LogP contribution < -0.4 is 0 Å². The van der Waals surface area contributed by atoms with E-state index in [0.29, 0.717) is 11.4 Å². The highest BCUT2D eigenvalue weighted by atomic mass is 32.1. The number of carboxylic acid groups (broad SMARTS) is 1. The molecule has 0 aliphatic carbocycles. The molecule has 1 aromatic carbocycles. The summed E-state index contributed by atoms with van der Waals surface area (Å²) in [6.45, 7) is 0. The summed E-state index contributed by atoms with van der Waals surface area (Å²) in [4.78, 5) is 26.3. The number of carboxylic acids is 1. The molecule has 0 spiro atoms. The molecule has 2 rings (SSSR count). The number of unbranched alkanes of at least 4 members (excludes halogenated alkanes) is 1. The van der Waals surface area contributed by atoms with Crippen LogP contribution in [-0.2, 0) is 6.42 Å². The molecule has 5 heteroatoms. The Kier molecular flexibility index (Phi) is 5.01. The van der Waals surface area contributed by atoms with E-state index in [1.165, 1.54) is 10.9 Å². The van der Waals surface area contributed by atoms with Crippen LogP contribution in [0.25, 0.3) is 0 Å². The molecule has 0 radical (unpaired) electrons. The lowest BCUT2D eigenvalue weighted by Crippen LogP contribution is -2.02. The van der Waals surface area contributed by atoms with Crippen LogP contribution in [0.2, 0.25) is 0 Å². The number of carbonyl (C=O) groups excluding carboxylic acids is 1. The van der Waals surface area contributed by atoms with Gasteiger partial charge in [-0.3, -0.25) is 4.79 Å². The van der Waals surface area contributed by atoms with Crippen LogP contribution in [0, 0.1) is 0 Å². The largest absolute Gasteiger partial charge is 0.476 e. The molecule has 0 aliphatic heterocycles. The van der Waals surface area contributed by atoms with Crippen LogP contribution in [0.1, 0.15) is 45.1 Å². The third-order valence-electron chi connectivity index (χ3n) is 2.92. The zero-order valence-corrected chi connectivity index (χ0v) is 11.7. The summed E-state index contributed by atoms with van der Waals surface area (Å²) in [7, 11) is 0. The molecule has 0 unspecified atom stereocenters. The van der Waals surface area contributed by atoms with E-state index >= 15 is 0 Å². The summed E-state index contributed by atoms with van der Waals surface area (Å²) in [6.07, 6.45) is 3.09. The SMILES string of the molecule is O=C(O)c1csc(C(=O)CCCCc2ccccc2)n1. The van der Waals surface area contributed by atoms with Crippen molar-refractivity contribution in [3.63, 3.8) is 0 Å². The van der Waals surface area contributed by atoms with Gasteiger partial charge in [0.15, 0.2) is 16.5 Å². The number of nitrogens with zero attached hydrogens (tertiary/aromatic N) is 1. The number of aromatic carboxylic acids is 1. The molecule has 104 valence electrons. The predicted octanol–water partition coefficient (Wildman–Crippen LogP) is 3.44. The minimum Gasteiger partial charge on any atom is -0.476 e. The van der Waals surface area contributed by atoms with E-state index in [2.05, 4.69) is 17.1 Å². The van der Waals surface area contributed by atoms with Crippen LogP contribution >= 0.6 is 11.3 Å². The number of carbonyl (C=O) groups is 2. The number of hydrogen-bond donors (Lipinski definition) is 1. The highest BCUT2D eigenvalue weighted by Crippen LogP contribution is 2.14. The molecule has 0 fully saturated rings. The first-order valence-electron chi connectivity index (χ1n) is 6.43. The number of thiazole rings is 1. The van der Waals surface area contributed by atoms with Gasteiger partial charge in [0.2, 0.25) is 0 Å². The van der Waals surface area contributed by atoms with Crippen LogP contribution in [0.5, 0.6) is 0 Å². The lowest BCUT2D eigenvalue weighted by Gasteiger charge is -2.00. The number of ketones is 1. The smallest absolute Gasteiger partial charge is 0.355 e. The fourth-order valence-electron chi connectivity index (χ4n) is 1.87. The zero-order valence-electron chi connectivity index (χ0n) is 10.9. The van der Waals surface area contributed by atoms with Gasteiger partial charge in [-0.2, -0.15) is 0 Å². The van der Waals surface area contributed by atoms with E-state index < -0.39 is 5.97 Å². The van der Waals surface area contributed by atoms with Crippen LogP contribution in [0.15, 0.2) is 35.7 Å². The first-order chi connectivity index (χ1) is 9.66.